The van der Waals surface area contributed by atoms with Gasteiger partial charge in [-0.25, -0.2) is 12.8 Å². The first-order valence-electron chi connectivity index (χ1n) is 7.10. The lowest BCUT2D eigenvalue weighted by Gasteiger charge is -2.28. The Bertz CT molecular complexity index is 753. The van der Waals surface area contributed by atoms with Gasteiger partial charge in [0.15, 0.2) is 21.2 Å². The first-order valence-corrected chi connectivity index (χ1v) is 8.81. The highest BCUT2D eigenvalue weighted by atomic mass is 32.2. The number of fused-ring (bicyclic) bond motifs is 1. The summed E-state index contributed by atoms with van der Waals surface area (Å²) in [5.41, 5.74) is 0.181. The van der Waals surface area contributed by atoms with E-state index in [1.807, 2.05) is 0 Å². The van der Waals surface area contributed by atoms with Crippen LogP contribution in [-0.2, 0) is 9.84 Å². The van der Waals surface area contributed by atoms with Gasteiger partial charge in [0.25, 0.3) is 0 Å². The maximum Gasteiger partial charge on any atom is 0.169 e. The third-order valence-corrected chi connectivity index (χ3v) is 6.42. The Balaban J connectivity index is 2.03. The number of hydrogen-bond acceptors (Lipinski definition) is 4. The van der Waals surface area contributed by atoms with E-state index in [0.717, 1.165) is 6.42 Å². The predicted molar refractivity (Wildman–Crippen MR) is 79.4 cm³/mol. The number of hydrogen-bond donors (Lipinski definition) is 1. The summed E-state index contributed by atoms with van der Waals surface area (Å²) in [6.07, 6.45) is 2.20. The van der Waals surface area contributed by atoms with Crippen molar-refractivity contribution in [2.45, 2.75) is 30.6 Å². The van der Waals surface area contributed by atoms with Crippen molar-refractivity contribution < 1.29 is 17.2 Å². The molecule has 0 spiro atoms. The fourth-order valence-corrected chi connectivity index (χ4v) is 5.19. The van der Waals surface area contributed by atoms with Gasteiger partial charge >= 0.3 is 0 Å². The molecule has 0 amide bonds. The monoisotopic (exact) mass is 311 g/mol. The zero-order valence-corrected chi connectivity index (χ0v) is 12.6. The molecule has 1 saturated heterocycles. The average molecular weight is 311 g/mol. The van der Waals surface area contributed by atoms with E-state index in [1.54, 1.807) is 25.2 Å². The third kappa shape index (κ3) is 2.58. The van der Waals surface area contributed by atoms with Crippen molar-refractivity contribution in [3.8, 4) is 0 Å². The smallest absolute Gasteiger partial charge is 0.169 e. The van der Waals surface area contributed by atoms with Crippen molar-refractivity contribution in [1.29, 1.82) is 0 Å². The van der Waals surface area contributed by atoms with E-state index in [9.17, 15) is 12.8 Å². The van der Waals surface area contributed by atoms with E-state index >= 15 is 0 Å². The summed E-state index contributed by atoms with van der Waals surface area (Å²) in [5, 5.41) is 3.17. The molecule has 1 fully saturated rings. The summed E-state index contributed by atoms with van der Waals surface area (Å²) in [6.45, 7) is 0. The highest BCUT2D eigenvalue weighted by Crippen LogP contribution is 2.34. The molecule has 0 aliphatic carbocycles. The Morgan fingerprint density at radius 3 is 2.86 bits per heavy atom. The maximum absolute atomic E-state index is 13.7. The highest BCUT2D eigenvalue weighted by Gasteiger charge is 2.37. The molecule has 1 aliphatic rings. The zero-order valence-electron chi connectivity index (χ0n) is 11.8. The molecule has 3 rings (SSSR count). The van der Waals surface area contributed by atoms with Crippen LogP contribution >= 0.6 is 0 Å². The number of furan rings is 1. The molecule has 2 heterocycles. The molecular formula is C15H18FNO3S. The summed E-state index contributed by atoms with van der Waals surface area (Å²) < 4.78 is 43.9. The van der Waals surface area contributed by atoms with Gasteiger partial charge in [-0.05, 0) is 32.0 Å². The molecule has 0 radical (unpaired) electrons. The fraction of sp³-hybridized carbons (Fsp3) is 0.467. The highest BCUT2D eigenvalue weighted by molar-refractivity contribution is 7.92. The van der Waals surface area contributed by atoms with Crippen LogP contribution < -0.4 is 5.32 Å². The van der Waals surface area contributed by atoms with Crippen molar-refractivity contribution in [1.82, 2.24) is 5.32 Å². The van der Waals surface area contributed by atoms with Gasteiger partial charge in [0, 0.05) is 5.39 Å². The molecule has 2 atom stereocenters. The molecule has 0 saturated carbocycles. The molecule has 1 N–H and O–H groups in total. The molecule has 0 bridgehead atoms. The Hall–Kier alpha value is -1.40. The summed E-state index contributed by atoms with van der Waals surface area (Å²) in [6, 6.07) is 5.99. The Kier molecular flexibility index (Phi) is 3.75. The van der Waals surface area contributed by atoms with Crippen LogP contribution in [-0.4, -0.2) is 26.5 Å². The van der Waals surface area contributed by atoms with Crippen LogP contribution in [0.4, 0.5) is 4.39 Å². The zero-order chi connectivity index (χ0) is 15.0. The first-order chi connectivity index (χ1) is 10.0. The maximum atomic E-state index is 13.7. The topological polar surface area (TPSA) is 59.3 Å². The lowest BCUT2D eigenvalue weighted by atomic mass is 10.0. The number of halogens is 1. The van der Waals surface area contributed by atoms with Crippen LogP contribution in [0.5, 0.6) is 0 Å². The van der Waals surface area contributed by atoms with Crippen LogP contribution in [0.1, 0.15) is 31.1 Å². The van der Waals surface area contributed by atoms with E-state index in [1.165, 1.54) is 6.07 Å². The summed E-state index contributed by atoms with van der Waals surface area (Å²) in [5.74, 6) is 0.262. The van der Waals surface area contributed by atoms with Gasteiger partial charge in [0.1, 0.15) is 5.76 Å². The molecule has 114 valence electrons. The minimum Gasteiger partial charge on any atom is -0.456 e. The second-order valence-electron chi connectivity index (χ2n) is 5.47. The second-order valence-corrected chi connectivity index (χ2v) is 7.81. The van der Waals surface area contributed by atoms with Crippen LogP contribution in [0, 0.1) is 5.82 Å². The molecular weight excluding hydrogens is 293 g/mol. The van der Waals surface area contributed by atoms with Crippen molar-refractivity contribution in [2.24, 2.45) is 0 Å². The van der Waals surface area contributed by atoms with Gasteiger partial charge in [-0.15, -0.1) is 0 Å². The van der Waals surface area contributed by atoms with Gasteiger partial charge in [0.05, 0.1) is 17.0 Å². The van der Waals surface area contributed by atoms with Gasteiger partial charge in [0.2, 0.25) is 0 Å². The van der Waals surface area contributed by atoms with Gasteiger partial charge < -0.3 is 9.73 Å². The molecule has 4 nitrogen and oxygen atoms in total. The quantitative estimate of drug-likeness (QED) is 0.947. The predicted octanol–water partition coefficient (Wildman–Crippen LogP) is 2.80. The molecule has 1 aromatic carbocycles. The van der Waals surface area contributed by atoms with Crippen molar-refractivity contribution in [3.63, 3.8) is 0 Å². The lowest BCUT2D eigenvalue weighted by Crippen LogP contribution is -2.39. The van der Waals surface area contributed by atoms with Crippen LogP contribution in [0.25, 0.3) is 11.0 Å². The Morgan fingerprint density at radius 2 is 2.19 bits per heavy atom. The molecule has 2 unspecified atom stereocenters. The average Bonchev–Trinajstić information content (AvgIpc) is 2.86. The number of para-hydroxylation sites is 1. The van der Waals surface area contributed by atoms with Crippen LogP contribution in [0.2, 0.25) is 0 Å². The Labute approximate surface area is 123 Å². The normalized spacial score (nSPS) is 23.2. The number of nitrogens with one attached hydrogen (secondary N) is 1. The minimum absolute atomic E-state index is 0.181. The van der Waals surface area contributed by atoms with E-state index < -0.39 is 26.9 Å². The lowest BCUT2D eigenvalue weighted by molar-refractivity contribution is 0.402. The van der Waals surface area contributed by atoms with Crippen LogP contribution in [0.3, 0.4) is 0 Å². The minimum atomic E-state index is -3.15. The van der Waals surface area contributed by atoms with Crippen molar-refractivity contribution in [2.75, 3.05) is 12.8 Å². The first kappa shape index (κ1) is 14.5. The molecule has 1 aromatic heterocycles. The van der Waals surface area contributed by atoms with Crippen molar-refractivity contribution in [3.05, 3.63) is 35.8 Å². The van der Waals surface area contributed by atoms with E-state index in [4.69, 9.17) is 4.42 Å². The van der Waals surface area contributed by atoms with E-state index in [2.05, 4.69) is 5.32 Å². The summed E-state index contributed by atoms with van der Waals surface area (Å²) >= 11 is 0. The standard InChI is InChI=1S/C15H18FNO3S/c1-17-14(13-7-2-3-8-21(13,18)19)12-9-10-5-4-6-11(16)15(10)20-12/h4-6,9,13-14,17H,2-3,7-8H2,1H3. The van der Waals surface area contributed by atoms with Gasteiger partial charge in [-0.1, -0.05) is 18.6 Å². The van der Waals surface area contributed by atoms with Crippen molar-refractivity contribution >= 4 is 20.8 Å². The van der Waals surface area contributed by atoms with E-state index in [-0.39, 0.29) is 11.3 Å². The summed E-state index contributed by atoms with van der Waals surface area (Å²) in [7, 11) is -1.44. The summed E-state index contributed by atoms with van der Waals surface area (Å²) in [4.78, 5) is 0. The van der Waals surface area contributed by atoms with Gasteiger partial charge in [-0.2, -0.15) is 0 Å². The number of sulfone groups is 1. The fourth-order valence-electron chi connectivity index (χ4n) is 3.07. The van der Waals surface area contributed by atoms with Gasteiger partial charge in [-0.3, -0.25) is 0 Å². The molecule has 1 aliphatic heterocycles. The molecule has 21 heavy (non-hydrogen) atoms. The molecule has 2 aromatic rings. The largest absolute Gasteiger partial charge is 0.456 e. The third-order valence-electron chi connectivity index (χ3n) is 4.13. The number of rotatable bonds is 3. The Morgan fingerprint density at radius 1 is 1.38 bits per heavy atom. The SMILES string of the molecule is CNC(c1cc2cccc(F)c2o1)C1CCCCS1(=O)=O. The van der Waals surface area contributed by atoms with Crippen LogP contribution in [0.15, 0.2) is 28.7 Å². The number of benzene rings is 1. The molecule has 6 heteroatoms. The second kappa shape index (κ2) is 5.42. The van der Waals surface area contributed by atoms with E-state index in [0.29, 0.717) is 24.0 Å².